The van der Waals surface area contributed by atoms with E-state index in [1.807, 2.05) is 0 Å². The summed E-state index contributed by atoms with van der Waals surface area (Å²) >= 11 is 0. The maximum absolute atomic E-state index is 10.9. The zero-order valence-electron chi connectivity index (χ0n) is 10.2. The van der Waals surface area contributed by atoms with Gasteiger partial charge >= 0.3 is 0 Å². The van der Waals surface area contributed by atoms with Crippen LogP contribution in [0.5, 0.6) is 0 Å². The molecule has 0 aliphatic heterocycles. The summed E-state index contributed by atoms with van der Waals surface area (Å²) in [5.41, 5.74) is 5.41. The second kappa shape index (κ2) is 5.77. The first-order valence-corrected chi connectivity index (χ1v) is 6.21. The molecule has 6 heteroatoms. The first kappa shape index (κ1) is 12.8. The van der Waals surface area contributed by atoms with E-state index in [1.54, 1.807) is 0 Å². The third kappa shape index (κ3) is 3.40. The van der Waals surface area contributed by atoms with Crippen LogP contribution in [0.4, 0.5) is 5.95 Å². The predicted octanol–water partition coefficient (Wildman–Crippen LogP) is 0.681. The number of aliphatic hydroxyl groups is 1. The Bertz CT molecular complexity index is 407. The van der Waals surface area contributed by atoms with Gasteiger partial charge in [-0.3, -0.25) is 4.79 Å². The fourth-order valence-electron chi connectivity index (χ4n) is 2.18. The smallest absolute Gasteiger partial charge is 0.251 e. The van der Waals surface area contributed by atoms with Gasteiger partial charge in [-0.25, -0.2) is 9.97 Å². The van der Waals surface area contributed by atoms with Crippen LogP contribution in [0.15, 0.2) is 12.4 Å². The van der Waals surface area contributed by atoms with E-state index >= 15 is 0 Å². The molecule has 2 rings (SSSR count). The molecule has 4 N–H and O–H groups in total. The van der Waals surface area contributed by atoms with Crippen LogP contribution in [0.2, 0.25) is 0 Å². The highest BCUT2D eigenvalue weighted by molar-refractivity contribution is 5.92. The van der Waals surface area contributed by atoms with Gasteiger partial charge in [0.25, 0.3) is 5.91 Å². The molecule has 1 heterocycles. The molecule has 18 heavy (non-hydrogen) atoms. The zero-order valence-corrected chi connectivity index (χ0v) is 10.2. The van der Waals surface area contributed by atoms with Gasteiger partial charge in [-0.1, -0.05) is 12.8 Å². The van der Waals surface area contributed by atoms with Gasteiger partial charge in [0.2, 0.25) is 5.95 Å². The summed E-state index contributed by atoms with van der Waals surface area (Å²) in [6.45, 7) is 0. The van der Waals surface area contributed by atoms with Gasteiger partial charge in [-0.2, -0.15) is 0 Å². The van der Waals surface area contributed by atoms with Crippen LogP contribution >= 0.6 is 0 Å². The number of nitrogens with two attached hydrogens (primary N) is 1. The zero-order chi connectivity index (χ0) is 13.0. The Morgan fingerprint density at radius 2 is 2.00 bits per heavy atom. The molecule has 1 aromatic rings. The van der Waals surface area contributed by atoms with Crippen LogP contribution in [0.1, 0.15) is 42.5 Å². The molecule has 0 bridgehead atoms. The quantitative estimate of drug-likeness (QED) is 0.685. The molecule has 1 amide bonds. The van der Waals surface area contributed by atoms with E-state index in [0.717, 1.165) is 25.7 Å². The maximum atomic E-state index is 10.9. The van der Waals surface area contributed by atoms with E-state index in [4.69, 9.17) is 5.73 Å². The summed E-state index contributed by atoms with van der Waals surface area (Å²) in [4.78, 5) is 19.0. The van der Waals surface area contributed by atoms with Crippen molar-refractivity contribution in [3.63, 3.8) is 0 Å². The minimum Gasteiger partial charge on any atom is -0.393 e. The number of aliphatic hydroxyl groups excluding tert-OH is 1. The molecule has 6 nitrogen and oxygen atoms in total. The normalized spacial score (nSPS) is 24.3. The lowest BCUT2D eigenvalue weighted by Gasteiger charge is -2.17. The van der Waals surface area contributed by atoms with Gasteiger partial charge in [0.15, 0.2) is 0 Å². The first-order chi connectivity index (χ1) is 8.65. The van der Waals surface area contributed by atoms with Crippen LogP contribution in [0.25, 0.3) is 0 Å². The monoisotopic (exact) mass is 250 g/mol. The van der Waals surface area contributed by atoms with Crippen molar-refractivity contribution >= 4 is 11.9 Å². The Balaban J connectivity index is 1.97. The van der Waals surface area contributed by atoms with Crippen LogP contribution < -0.4 is 11.1 Å². The molecular formula is C12H18N4O2. The number of aromatic nitrogens is 2. The predicted molar refractivity (Wildman–Crippen MR) is 67.1 cm³/mol. The molecule has 1 fully saturated rings. The summed E-state index contributed by atoms with van der Waals surface area (Å²) in [5, 5.41) is 12.9. The highest BCUT2D eigenvalue weighted by atomic mass is 16.3. The number of carbonyl (C=O) groups is 1. The molecule has 0 saturated heterocycles. The fourth-order valence-corrected chi connectivity index (χ4v) is 2.18. The van der Waals surface area contributed by atoms with Gasteiger partial charge < -0.3 is 16.2 Å². The van der Waals surface area contributed by atoms with E-state index in [9.17, 15) is 9.90 Å². The lowest BCUT2D eigenvalue weighted by molar-refractivity contribution is 0.0999. The Kier molecular flexibility index (Phi) is 4.09. The van der Waals surface area contributed by atoms with E-state index in [-0.39, 0.29) is 12.1 Å². The van der Waals surface area contributed by atoms with Crippen molar-refractivity contribution in [1.29, 1.82) is 0 Å². The average Bonchev–Trinajstić information content (AvgIpc) is 2.54. The molecule has 1 saturated carbocycles. The van der Waals surface area contributed by atoms with E-state index in [0.29, 0.717) is 17.9 Å². The number of primary amides is 1. The third-order valence-corrected chi connectivity index (χ3v) is 3.17. The van der Waals surface area contributed by atoms with E-state index in [1.165, 1.54) is 12.4 Å². The Morgan fingerprint density at radius 3 is 2.67 bits per heavy atom. The van der Waals surface area contributed by atoms with Crippen molar-refractivity contribution in [3.8, 4) is 0 Å². The van der Waals surface area contributed by atoms with Gasteiger partial charge in [0, 0.05) is 18.4 Å². The highest BCUT2D eigenvalue weighted by Crippen LogP contribution is 2.20. The number of carbonyl (C=O) groups excluding carboxylic acids is 1. The first-order valence-electron chi connectivity index (χ1n) is 6.21. The lowest BCUT2D eigenvalue weighted by Crippen LogP contribution is -2.24. The van der Waals surface area contributed by atoms with Gasteiger partial charge in [-0.05, 0) is 19.3 Å². The molecule has 0 aromatic carbocycles. The van der Waals surface area contributed by atoms with Gasteiger partial charge in [0.1, 0.15) is 0 Å². The highest BCUT2D eigenvalue weighted by Gasteiger charge is 2.18. The van der Waals surface area contributed by atoms with Crippen molar-refractivity contribution in [2.75, 3.05) is 5.32 Å². The second-order valence-electron chi connectivity index (χ2n) is 4.67. The van der Waals surface area contributed by atoms with E-state index in [2.05, 4.69) is 15.3 Å². The average molecular weight is 250 g/mol. The minimum absolute atomic E-state index is 0.182. The van der Waals surface area contributed by atoms with Crippen molar-refractivity contribution in [2.45, 2.75) is 44.2 Å². The molecule has 0 radical (unpaired) electrons. The minimum atomic E-state index is -0.536. The number of nitrogens with one attached hydrogen (secondary N) is 1. The fraction of sp³-hybridized carbons (Fsp3) is 0.583. The largest absolute Gasteiger partial charge is 0.393 e. The molecule has 1 aromatic heterocycles. The van der Waals surface area contributed by atoms with Gasteiger partial charge in [-0.15, -0.1) is 0 Å². The maximum Gasteiger partial charge on any atom is 0.251 e. The SMILES string of the molecule is NC(=O)c1cnc(N[C@@H]2CCCC[C@H](O)C2)nc1. The number of amides is 1. The van der Waals surface area contributed by atoms with Crippen LogP contribution in [0, 0.1) is 0 Å². The molecule has 0 spiro atoms. The Labute approximate surface area is 106 Å². The molecule has 98 valence electrons. The molecule has 2 atom stereocenters. The van der Waals surface area contributed by atoms with Crippen molar-refractivity contribution in [3.05, 3.63) is 18.0 Å². The van der Waals surface area contributed by atoms with E-state index < -0.39 is 5.91 Å². The standard InChI is InChI=1S/C12H18N4O2/c13-11(18)8-6-14-12(15-7-8)16-9-3-1-2-4-10(17)5-9/h6-7,9-10,17H,1-5H2,(H2,13,18)(H,14,15,16)/t9-,10+/m1/s1. The summed E-state index contributed by atoms with van der Waals surface area (Å²) in [6, 6.07) is 0.182. The topological polar surface area (TPSA) is 101 Å². The number of anilines is 1. The van der Waals surface area contributed by atoms with Crippen molar-refractivity contribution in [2.24, 2.45) is 5.73 Å². The summed E-state index contributed by atoms with van der Waals surface area (Å²) in [5.74, 6) is -0.0643. The molecule has 0 unspecified atom stereocenters. The molecular weight excluding hydrogens is 232 g/mol. The van der Waals surface area contributed by atoms with Crippen molar-refractivity contribution in [1.82, 2.24) is 9.97 Å². The summed E-state index contributed by atoms with van der Waals surface area (Å²) in [6.07, 6.45) is 7.28. The van der Waals surface area contributed by atoms with Crippen LogP contribution in [0.3, 0.4) is 0 Å². The number of nitrogens with zero attached hydrogens (tertiary/aromatic N) is 2. The van der Waals surface area contributed by atoms with Crippen LogP contribution in [-0.4, -0.2) is 33.1 Å². The Morgan fingerprint density at radius 1 is 1.33 bits per heavy atom. The van der Waals surface area contributed by atoms with Crippen LogP contribution in [-0.2, 0) is 0 Å². The number of hydrogen-bond donors (Lipinski definition) is 3. The molecule has 1 aliphatic rings. The van der Waals surface area contributed by atoms with Gasteiger partial charge in [0.05, 0.1) is 11.7 Å². The molecule has 1 aliphatic carbocycles. The van der Waals surface area contributed by atoms with Crippen molar-refractivity contribution < 1.29 is 9.90 Å². The second-order valence-corrected chi connectivity index (χ2v) is 4.67. The summed E-state index contributed by atoms with van der Waals surface area (Å²) in [7, 11) is 0. The summed E-state index contributed by atoms with van der Waals surface area (Å²) < 4.78 is 0. The lowest BCUT2D eigenvalue weighted by atomic mass is 10.1. The number of rotatable bonds is 3. The Hall–Kier alpha value is -1.69. The third-order valence-electron chi connectivity index (χ3n) is 3.17. The number of hydrogen-bond acceptors (Lipinski definition) is 5.